The highest BCUT2D eigenvalue weighted by molar-refractivity contribution is 7.66. The van der Waals surface area contributed by atoms with Gasteiger partial charge in [0.15, 0.2) is 0 Å². The van der Waals surface area contributed by atoms with Gasteiger partial charge in [0, 0.05) is 22.9 Å². The third-order valence-electron chi connectivity index (χ3n) is 2.51. The monoisotopic (exact) mass is 262 g/mol. The summed E-state index contributed by atoms with van der Waals surface area (Å²) < 4.78 is 23.3. The first-order chi connectivity index (χ1) is 7.33. The standard InChI is InChI=1S/C10H16O4P2/c1-3-15(11,12)9-5-7-10(8-6-9)16(13,14)4-2/h5-8H,3-4H2,1-2H3,(H,11,12)(H,13,14). The Hall–Kier alpha value is -0.400. The molecule has 1 aromatic carbocycles. The van der Waals surface area contributed by atoms with Crippen LogP contribution in [0.2, 0.25) is 0 Å². The summed E-state index contributed by atoms with van der Waals surface area (Å²) in [7, 11) is -6.56. The summed E-state index contributed by atoms with van der Waals surface area (Å²) in [6.07, 6.45) is 0.327. The summed E-state index contributed by atoms with van der Waals surface area (Å²) in [4.78, 5) is 19.1. The van der Waals surface area contributed by atoms with E-state index in [1.807, 2.05) is 0 Å². The molecule has 0 radical (unpaired) electrons. The Balaban J connectivity index is 3.10. The van der Waals surface area contributed by atoms with Gasteiger partial charge < -0.3 is 9.79 Å². The molecule has 0 aromatic heterocycles. The van der Waals surface area contributed by atoms with Gasteiger partial charge in [-0.25, -0.2) is 0 Å². The van der Waals surface area contributed by atoms with Gasteiger partial charge in [-0.3, -0.25) is 9.13 Å². The minimum atomic E-state index is -3.28. The topological polar surface area (TPSA) is 74.6 Å². The zero-order chi connectivity index (χ0) is 12.4. The lowest BCUT2D eigenvalue weighted by atomic mass is 10.4. The minimum absolute atomic E-state index is 0.164. The second-order valence-electron chi connectivity index (χ2n) is 3.55. The Kier molecular flexibility index (Phi) is 4.14. The molecule has 0 aliphatic heterocycles. The minimum Gasteiger partial charge on any atom is -0.341 e. The van der Waals surface area contributed by atoms with Crippen molar-refractivity contribution < 1.29 is 18.9 Å². The van der Waals surface area contributed by atoms with Gasteiger partial charge in [0.25, 0.3) is 0 Å². The van der Waals surface area contributed by atoms with E-state index < -0.39 is 14.7 Å². The van der Waals surface area contributed by atoms with Crippen molar-refractivity contribution in [2.24, 2.45) is 0 Å². The molecule has 4 nitrogen and oxygen atoms in total. The molecule has 16 heavy (non-hydrogen) atoms. The Labute approximate surface area is 95.2 Å². The van der Waals surface area contributed by atoms with Crippen LogP contribution < -0.4 is 10.6 Å². The predicted octanol–water partition coefficient (Wildman–Crippen LogP) is 1.52. The molecular formula is C10H16O4P2. The van der Waals surface area contributed by atoms with E-state index >= 15 is 0 Å². The van der Waals surface area contributed by atoms with Crippen LogP contribution in [0.4, 0.5) is 0 Å². The van der Waals surface area contributed by atoms with Crippen LogP contribution in [-0.4, -0.2) is 22.1 Å². The van der Waals surface area contributed by atoms with Crippen LogP contribution in [0.15, 0.2) is 24.3 Å². The van der Waals surface area contributed by atoms with E-state index in [1.54, 1.807) is 13.8 Å². The van der Waals surface area contributed by atoms with Gasteiger partial charge in [-0.2, -0.15) is 0 Å². The fraction of sp³-hybridized carbons (Fsp3) is 0.400. The van der Waals surface area contributed by atoms with Crippen molar-refractivity contribution in [3.8, 4) is 0 Å². The quantitative estimate of drug-likeness (QED) is 0.807. The van der Waals surface area contributed by atoms with Crippen molar-refractivity contribution in [2.75, 3.05) is 12.3 Å². The Morgan fingerprint density at radius 2 is 1.12 bits per heavy atom. The third kappa shape index (κ3) is 2.83. The van der Waals surface area contributed by atoms with Gasteiger partial charge in [-0.05, 0) is 24.3 Å². The molecule has 0 spiro atoms. The number of hydrogen-bond acceptors (Lipinski definition) is 2. The Morgan fingerprint density at radius 1 is 0.875 bits per heavy atom. The van der Waals surface area contributed by atoms with Crippen molar-refractivity contribution in [3.05, 3.63) is 24.3 Å². The summed E-state index contributed by atoms with van der Waals surface area (Å²) >= 11 is 0. The molecule has 0 heterocycles. The first-order valence-corrected chi connectivity index (χ1v) is 8.77. The van der Waals surface area contributed by atoms with E-state index in [0.29, 0.717) is 10.6 Å². The second kappa shape index (κ2) is 4.85. The van der Waals surface area contributed by atoms with Crippen LogP contribution in [0.5, 0.6) is 0 Å². The molecule has 1 aromatic rings. The number of hydrogen-bond donors (Lipinski definition) is 2. The molecule has 0 saturated carbocycles. The van der Waals surface area contributed by atoms with Crippen LogP contribution in [0.3, 0.4) is 0 Å². The van der Waals surface area contributed by atoms with Gasteiger partial charge in [0.2, 0.25) is 14.7 Å². The first kappa shape index (κ1) is 13.7. The number of benzene rings is 1. The van der Waals surface area contributed by atoms with Crippen molar-refractivity contribution in [1.29, 1.82) is 0 Å². The molecule has 0 amide bonds. The van der Waals surface area contributed by atoms with Gasteiger partial charge in [-0.15, -0.1) is 0 Å². The van der Waals surface area contributed by atoms with Gasteiger partial charge in [0.1, 0.15) is 0 Å². The average molecular weight is 262 g/mol. The van der Waals surface area contributed by atoms with Crippen LogP contribution in [0.25, 0.3) is 0 Å². The van der Waals surface area contributed by atoms with Crippen molar-refractivity contribution >= 4 is 25.3 Å². The fourth-order valence-electron chi connectivity index (χ4n) is 1.28. The highest BCUT2D eigenvalue weighted by Gasteiger charge is 2.21. The molecule has 0 aliphatic carbocycles. The van der Waals surface area contributed by atoms with Gasteiger partial charge in [0.05, 0.1) is 0 Å². The Bertz CT molecular complexity index is 409. The molecule has 1 rings (SSSR count). The lowest BCUT2D eigenvalue weighted by Crippen LogP contribution is -2.12. The SMILES string of the molecule is CCP(=O)(O)c1ccc(P(=O)(O)CC)cc1. The molecule has 2 atom stereocenters. The summed E-state index contributed by atoms with van der Waals surface area (Å²) in [5.74, 6) is 0. The molecule has 2 N–H and O–H groups in total. The highest BCUT2D eigenvalue weighted by atomic mass is 31.2. The maximum absolute atomic E-state index is 11.6. The zero-order valence-electron chi connectivity index (χ0n) is 9.33. The maximum atomic E-state index is 11.6. The molecular weight excluding hydrogens is 246 g/mol. The molecule has 0 aliphatic rings. The van der Waals surface area contributed by atoms with E-state index in [0.717, 1.165) is 0 Å². The average Bonchev–Trinajstić information content (AvgIpc) is 2.29. The van der Waals surface area contributed by atoms with E-state index in [1.165, 1.54) is 24.3 Å². The molecule has 90 valence electrons. The molecule has 0 fully saturated rings. The summed E-state index contributed by atoms with van der Waals surface area (Å²) in [6.45, 7) is 3.27. The van der Waals surface area contributed by atoms with E-state index in [-0.39, 0.29) is 12.3 Å². The molecule has 0 saturated heterocycles. The zero-order valence-corrected chi connectivity index (χ0v) is 11.1. The summed E-state index contributed by atoms with van der Waals surface area (Å²) in [5, 5.41) is 0.657. The first-order valence-electron chi connectivity index (χ1n) is 5.08. The molecule has 0 bridgehead atoms. The maximum Gasteiger partial charge on any atom is 0.229 e. The smallest absolute Gasteiger partial charge is 0.229 e. The van der Waals surface area contributed by atoms with Gasteiger partial charge >= 0.3 is 0 Å². The Morgan fingerprint density at radius 3 is 1.31 bits per heavy atom. The lowest BCUT2D eigenvalue weighted by molar-refractivity contribution is 0.489. The van der Waals surface area contributed by atoms with Crippen molar-refractivity contribution in [2.45, 2.75) is 13.8 Å². The normalized spacial score (nSPS) is 18.8. The van der Waals surface area contributed by atoms with Crippen molar-refractivity contribution in [3.63, 3.8) is 0 Å². The van der Waals surface area contributed by atoms with E-state index in [9.17, 15) is 18.9 Å². The van der Waals surface area contributed by atoms with Crippen LogP contribution in [0, 0.1) is 0 Å². The van der Waals surface area contributed by atoms with E-state index in [2.05, 4.69) is 0 Å². The second-order valence-corrected chi connectivity index (χ2v) is 8.66. The predicted molar refractivity (Wildman–Crippen MR) is 66.4 cm³/mol. The summed E-state index contributed by atoms with van der Waals surface area (Å²) in [6, 6.07) is 5.83. The number of rotatable bonds is 4. The largest absolute Gasteiger partial charge is 0.341 e. The third-order valence-corrected chi connectivity index (χ3v) is 6.44. The van der Waals surface area contributed by atoms with Crippen LogP contribution in [-0.2, 0) is 9.13 Å². The highest BCUT2D eigenvalue weighted by Crippen LogP contribution is 2.40. The lowest BCUT2D eigenvalue weighted by Gasteiger charge is -2.12. The molecule has 6 heteroatoms. The fourth-order valence-corrected chi connectivity index (χ4v) is 3.24. The van der Waals surface area contributed by atoms with Crippen LogP contribution in [0.1, 0.15) is 13.8 Å². The van der Waals surface area contributed by atoms with E-state index in [4.69, 9.17) is 0 Å². The molecule has 2 unspecified atom stereocenters. The van der Waals surface area contributed by atoms with Gasteiger partial charge in [-0.1, -0.05) is 13.8 Å². The van der Waals surface area contributed by atoms with Crippen LogP contribution >= 0.6 is 14.7 Å². The summed E-state index contributed by atoms with van der Waals surface area (Å²) in [5.41, 5.74) is 0. The van der Waals surface area contributed by atoms with Crippen molar-refractivity contribution in [1.82, 2.24) is 0 Å².